The lowest BCUT2D eigenvalue weighted by atomic mass is 10.0. The average Bonchev–Trinajstić information content (AvgIpc) is 3.49. The van der Waals surface area contributed by atoms with E-state index in [0.717, 1.165) is 11.1 Å². The average molecular weight is 566 g/mol. The van der Waals surface area contributed by atoms with Crippen molar-refractivity contribution in [1.82, 2.24) is 10.3 Å². The highest BCUT2D eigenvalue weighted by Crippen LogP contribution is 2.32. The number of amides is 1. The molecular weight excluding hydrogens is 536 g/mol. The molecule has 4 rings (SSSR count). The van der Waals surface area contributed by atoms with Gasteiger partial charge in [0.05, 0.1) is 6.26 Å². The lowest BCUT2D eigenvalue weighted by Gasteiger charge is -2.17. The Balaban J connectivity index is 1.67. The van der Waals surface area contributed by atoms with Crippen molar-refractivity contribution in [2.24, 2.45) is 11.7 Å². The smallest absolute Gasteiger partial charge is 0.344 e. The molecular formula is C30H29F2N3O6. The first kappa shape index (κ1) is 29.2. The molecule has 0 aliphatic rings. The predicted octanol–water partition coefficient (Wildman–Crippen LogP) is 5.68. The summed E-state index contributed by atoms with van der Waals surface area (Å²) in [5.41, 5.74) is 8.72. The molecule has 0 saturated carbocycles. The molecule has 0 aliphatic heterocycles. The first-order chi connectivity index (χ1) is 19.6. The van der Waals surface area contributed by atoms with Crippen LogP contribution in [0.5, 0.6) is 17.5 Å². The molecule has 0 aliphatic carbocycles. The summed E-state index contributed by atoms with van der Waals surface area (Å²) in [6.07, 6.45) is 0.0780. The summed E-state index contributed by atoms with van der Waals surface area (Å²) in [5, 5.41) is 12.2. The van der Waals surface area contributed by atoms with Gasteiger partial charge in [-0.1, -0.05) is 32.0 Å². The van der Waals surface area contributed by atoms with E-state index in [1.54, 1.807) is 32.0 Å². The molecule has 4 N–H and O–H groups in total. The van der Waals surface area contributed by atoms with Crippen LogP contribution in [-0.4, -0.2) is 28.1 Å². The molecule has 0 saturated heterocycles. The Morgan fingerprint density at radius 3 is 2.44 bits per heavy atom. The molecule has 2 aromatic heterocycles. The molecule has 9 nitrogen and oxygen atoms in total. The topological polar surface area (TPSA) is 137 Å². The maximum absolute atomic E-state index is 14.8. The largest absolute Gasteiger partial charge is 0.479 e. The number of rotatable bonds is 12. The Labute approximate surface area is 234 Å². The van der Waals surface area contributed by atoms with Crippen LogP contribution in [0, 0.1) is 17.6 Å². The maximum atomic E-state index is 14.8. The minimum absolute atomic E-state index is 0.0671. The monoisotopic (exact) mass is 565 g/mol. The molecule has 0 unspecified atom stereocenters. The number of aliphatic carboxylic acids is 1. The fraction of sp³-hybridized carbons (Fsp3) is 0.233. The quantitative estimate of drug-likeness (QED) is 0.200. The molecule has 0 fully saturated rings. The van der Waals surface area contributed by atoms with E-state index in [-0.39, 0.29) is 30.4 Å². The molecule has 0 spiro atoms. The van der Waals surface area contributed by atoms with Gasteiger partial charge in [-0.15, -0.1) is 0 Å². The highest BCUT2D eigenvalue weighted by Gasteiger charge is 2.25. The summed E-state index contributed by atoms with van der Waals surface area (Å²) in [7, 11) is 0. The molecule has 0 bridgehead atoms. The third kappa shape index (κ3) is 7.67. The van der Waals surface area contributed by atoms with Crippen molar-refractivity contribution in [2.45, 2.75) is 39.5 Å². The summed E-state index contributed by atoms with van der Waals surface area (Å²) in [6.45, 7) is 3.96. The standard InChI is InChI=1S/C30H29F2N3O6/c1-17(2)9-26(30(37)38)41-29-24(32)14-23(31)28(35-29)40-22-12-19(16-34-27(36)25-7-4-8-39-25)11-21(13-22)20-6-3-5-18(10-20)15-33/h3-8,10-14,17,26H,9,15-16,33H2,1-2H3,(H,34,36)(H,37,38)/t26-/m1/s1. The summed E-state index contributed by atoms with van der Waals surface area (Å²) in [6, 6.07) is 16.1. The van der Waals surface area contributed by atoms with E-state index in [4.69, 9.17) is 19.6 Å². The van der Waals surface area contributed by atoms with Crippen LogP contribution in [0.1, 0.15) is 41.9 Å². The Hall–Kier alpha value is -4.77. The van der Waals surface area contributed by atoms with E-state index >= 15 is 0 Å². The van der Waals surface area contributed by atoms with Crippen LogP contribution in [0.3, 0.4) is 0 Å². The van der Waals surface area contributed by atoms with Crippen LogP contribution in [0.15, 0.2) is 71.3 Å². The summed E-state index contributed by atoms with van der Waals surface area (Å²) >= 11 is 0. The van der Waals surface area contributed by atoms with Crippen molar-refractivity contribution in [3.8, 4) is 28.6 Å². The minimum Gasteiger partial charge on any atom is -0.479 e. The van der Waals surface area contributed by atoms with Crippen LogP contribution in [0.2, 0.25) is 0 Å². The molecule has 0 radical (unpaired) electrons. The lowest BCUT2D eigenvalue weighted by molar-refractivity contribution is -0.146. The molecule has 1 amide bonds. The van der Waals surface area contributed by atoms with Gasteiger partial charge in [-0.3, -0.25) is 4.79 Å². The predicted molar refractivity (Wildman–Crippen MR) is 145 cm³/mol. The van der Waals surface area contributed by atoms with Gasteiger partial charge in [-0.25, -0.2) is 13.6 Å². The second kappa shape index (κ2) is 13.1. The van der Waals surface area contributed by atoms with Crippen LogP contribution in [0.4, 0.5) is 8.78 Å². The fourth-order valence-electron chi connectivity index (χ4n) is 4.01. The van der Waals surface area contributed by atoms with Crippen LogP contribution < -0.4 is 20.5 Å². The Morgan fingerprint density at radius 1 is 1.00 bits per heavy atom. The van der Waals surface area contributed by atoms with Gasteiger partial charge < -0.3 is 30.0 Å². The zero-order valence-corrected chi connectivity index (χ0v) is 22.4. The molecule has 2 heterocycles. The van der Waals surface area contributed by atoms with Crippen molar-refractivity contribution in [1.29, 1.82) is 0 Å². The second-order valence-corrected chi connectivity index (χ2v) is 9.67. The molecule has 1 atom stereocenters. The van der Waals surface area contributed by atoms with Gasteiger partial charge in [0.15, 0.2) is 23.5 Å². The molecule has 4 aromatic rings. The minimum atomic E-state index is -1.39. The zero-order chi connectivity index (χ0) is 29.5. The number of aromatic nitrogens is 1. The SMILES string of the molecule is CC(C)C[C@@H](Oc1nc(Oc2cc(CNC(=O)c3ccco3)cc(-c3cccc(CN)c3)c2)c(F)cc1F)C(=O)O. The number of carboxylic acids is 1. The third-order valence-corrected chi connectivity index (χ3v) is 5.95. The van der Waals surface area contributed by atoms with E-state index in [0.29, 0.717) is 23.7 Å². The van der Waals surface area contributed by atoms with Gasteiger partial charge >= 0.3 is 5.97 Å². The highest BCUT2D eigenvalue weighted by atomic mass is 19.1. The van der Waals surface area contributed by atoms with Gasteiger partial charge in [0.25, 0.3) is 17.7 Å². The van der Waals surface area contributed by atoms with Crippen molar-refractivity contribution in [3.05, 3.63) is 95.4 Å². The van der Waals surface area contributed by atoms with E-state index < -0.39 is 41.4 Å². The Morgan fingerprint density at radius 2 is 1.76 bits per heavy atom. The number of carboxylic acid groups (broad SMARTS) is 1. The first-order valence-electron chi connectivity index (χ1n) is 12.8. The molecule has 11 heteroatoms. The van der Waals surface area contributed by atoms with Crippen LogP contribution >= 0.6 is 0 Å². The number of carbonyl (C=O) groups excluding carboxylic acids is 1. The number of ether oxygens (including phenoxy) is 2. The highest BCUT2D eigenvalue weighted by molar-refractivity contribution is 5.91. The van der Waals surface area contributed by atoms with Gasteiger partial charge in [0, 0.05) is 19.2 Å². The number of nitrogens with zero attached hydrogens (tertiary/aromatic N) is 1. The number of carbonyl (C=O) groups is 2. The van der Waals surface area contributed by atoms with E-state index in [2.05, 4.69) is 10.3 Å². The number of hydrogen-bond donors (Lipinski definition) is 3. The van der Waals surface area contributed by atoms with E-state index in [1.807, 2.05) is 30.3 Å². The Kier molecular flexibility index (Phi) is 9.30. The van der Waals surface area contributed by atoms with Crippen LogP contribution in [-0.2, 0) is 17.9 Å². The molecule has 2 aromatic carbocycles. The molecule has 41 heavy (non-hydrogen) atoms. The van der Waals surface area contributed by atoms with Crippen molar-refractivity contribution in [2.75, 3.05) is 0 Å². The number of benzene rings is 2. The Bertz CT molecular complexity index is 1520. The van der Waals surface area contributed by atoms with Crippen molar-refractivity contribution in [3.63, 3.8) is 0 Å². The van der Waals surface area contributed by atoms with Crippen molar-refractivity contribution >= 4 is 11.9 Å². The number of nitrogens with one attached hydrogen (secondary N) is 1. The van der Waals surface area contributed by atoms with Gasteiger partial charge in [0.1, 0.15) is 5.75 Å². The number of halogens is 2. The summed E-state index contributed by atoms with van der Waals surface area (Å²) < 4.78 is 45.4. The van der Waals surface area contributed by atoms with Gasteiger partial charge in [-0.05, 0) is 71.0 Å². The maximum Gasteiger partial charge on any atom is 0.344 e. The second-order valence-electron chi connectivity index (χ2n) is 9.67. The number of furan rings is 1. The van der Waals surface area contributed by atoms with E-state index in [9.17, 15) is 23.5 Å². The normalized spacial score (nSPS) is 11.8. The van der Waals surface area contributed by atoms with Gasteiger partial charge in [0.2, 0.25) is 0 Å². The summed E-state index contributed by atoms with van der Waals surface area (Å²) in [5.74, 6) is -5.15. The number of hydrogen-bond acceptors (Lipinski definition) is 7. The number of nitrogens with two attached hydrogens (primary N) is 1. The first-order valence-corrected chi connectivity index (χ1v) is 12.8. The lowest BCUT2D eigenvalue weighted by Crippen LogP contribution is -2.29. The fourth-order valence-corrected chi connectivity index (χ4v) is 4.01. The summed E-state index contributed by atoms with van der Waals surface area (Å²) in [4.78, 5) is 27.8. The number of pyridine rings is 1. The van der Waals surface area contributed by atoms with Gasteiger partial charge in [-0.2, -0.15) is 4.98 Å². The zero-order valence-electron chi connectivity index (χ0n) is 22.4. The van der Waals surface area contributed by atoms with E-state index in [1.165, 1.54) is 12.3 Å². The van der Waals surface area contributed by atoms with Crippen molar-refractivity contribution < 1.29 is 37.4 Å². The van der Waals surface area contributed by atoms with Crippen LogP contribution in [0.25, 0.3) is 11.1 Å². The molecule has 214 valence electrons. The third-order valence-electron chi connectivity index (χ3n) is 5.95.